The van der Waals surface area contributed by atoms with Gasteiger partial charge >= 0.3 is 5.97 Å². The van der Waals surface area contributed by atoms with Crippen LogP contribution >= 0.6 is 0 Å². The molecule has 1 heterocycles. The Bertz CT molecular complexity index is 206. The predicted octanol–water partition coefficient (Wildman–Crippen LogP) is 0.603. The van der Waals surface area contributed by atoms with E-state index in [1.807, 2.05) is 0 Å². The van der Waals surface area contributed by atoms with Crippen molar-refractivity contribution in [2.75, 3.05) is 6.61 Å². The lowest BCUT2D eigenvalue weighted by atomic mass is 10.2. The molecule has 13 heavy (non-hydrogen) atoms. The van der Waals surface area contributed by atoms with E-state index in [9.17, 15) is 9.90 Å². The average Bonchev–Trinajstić information content (AvgIpc) is 2.55. The Labute approximate surface area is 77.1 Å². The molecule has 1 N–H and O–H groups in total. The summed E-state index contributed by atoms with van der Waals surface area (Å²) in [6.45, 7) is 5.56. The maximum atomic E-state index is 11.0. The summed E-state index contributed by atoms with van der Waals surface area (Å²) in [5.41, 5.74) is 0.275. The normalized spacial score (nSPS) is 24.0. The zero-order valence-corrected chi connectivity index (χ0v) is 7.66. The average molecular weight is 186 g/mol. The molecular formula is C9H14O4. The van der Waals surface area contributed by atoms with Gasteiger partial charge in [0.2, 0.25) is 6.29 Å². The van der Waals surface area contributed by atoms with Gasteiger partial charge in [-0.3, -0.25) is 0 Å². The molecule has 4 nitrogen and oxygen atoms in total. The van der Waals surface area contributed by atoms with Crippen LogP contribution in [-0.2, 0) is 14.3 Å². The number of hydrogen-bond donors (Lipinski definition) is 1. The minimum Gasteiger partial charge on any atom is -0.430 e. The summed E-state index contributed by atoms with van der Waals surface area (Å²) in [4.78, 5) is 11.0. The van der Waals surface area contributed by atoms with Gasteiger partial charge in [-0.2, -0.15) is 0 Å². The van der Waals surface area contributed by atoms with E-state index in [0.717, 1.165) is 12.8 Å². The maximum absolute atomic E-state index is 11.0. The quantitative estimate of drug-likeness (QED) is 0.398. The van der Waals surface area contributed by atoms with E-state index in [0.29, 0.717) is 6.61 Å². The molecule has 1 aliphatic heterocycles. The van der Waals surface area contributed by atoms with Crippen LogP contribution in [0.15, 0.2) is 12.2 Å². The molecule has 1 aliphatic rings. The summed E-state index contributed by atoms with van der Waals surface area (Å²) < 4.78 is 9.83. The fourth-order valence-electron chi connectivity index (χ4n) is 1.11. The van der Waals surface area contributed by atoms with E-state index in [4.69, 9.17) is 4.74 Å². The van der Waals surface area contributed by atoms with Gasteiger partial charge in [0.15, 0.2) is 0 Å². The second kappa shape index (κ2) is 4.39. The molecule has 0 aromatic carbocycles. The molecule has 2 atom stereocenters. The van der Waals surface area contributed by atoms with Crippen molar-refractivity contribution >= 4 is 5.97 Å². The Morgan fingerprint density at radius 2 is 2.46 bits per heavy atom. The zero-order chi connectivity index (χ0) is 9.84. The molecule has 0 amide bonds. The van der Waals surface area contributed by atoms with E-state index >= 15 is 0 Å². The van der Waals surface area contributed by atoms with Crippen LogP contribution in [0.5, 0.6) is 0 Å². The Morgan fingerprint density at radius 1 is 1.77 bits per heavy atom. The van der Waals surface area contributed by atoms with Crippen molar-refractivity contribution in [3.63, 3.8) is 0 Å². The first-order valence-electron chi connectivity index (χ1n) is 4.27. The van der Waals surface area contributed by atoms with Gasteiger partial charge in [0.1, 0.15) is 6.10 Å². The highest BCUT2D eigenvalue weighted by Gasteiger charge is 2.27. The lowest BCUT2D eigenvalue weighted by molar-refractivity contribution is -0.183. The van der Waals surface area contributed by atoms with Crippen LogP contribution in [0.2, 0.25) is 0 Å². The Hall–Kier alpha value is -0.870. The van der Waals surface area contributed by atoms with Crippen molar-refractivity contribution in [1.29, 1.82) is 0 Å². The number of rotatable bonds is 3. The summed E-state index contributed by atoms with van der Waals surface area (Å²) in [5, 5.41) is 9.36. The highest BCUT2D eigenvalue weighted by Crippen LogP contribution is 2.16. The molecule has 0 spiro atoms. The highest BCUT2D eigenvalue weighted by molar-refractivity contribution is 5.87. The van der Waals surface area contributed by atoms with Crippen molar-refractivity contribution in [3.8, 4) is 0 Å². The summed E-state index contributed by atoms with van der Waals surface area (Å²) in [5.74, 6) is -0.581. The third kappa shape index (κ3) is 2.82. The number of hydrogen-bond acceptors (Lipinski definition) is 4. The SMILES string of the molecule is C=C(C)C(=O)OC(O)C1CCCO1. The third-order valence-corrected chi connectivity index (χ3v) is 1.86. The topological polar surface area (TPSA) is 55.8 Å². The summed E-state index contributed by atoms with van der Waals surface area (Å²) in [6, 6.07) is 0. The number of aliphatic hydroxyl groups is 1. The fraction of sp³-hybridized carbons (Fsp3) is 0.667. The van der Waals surface area contributed by atoms with Gasteiger partial charge in [0.25, 0.3) is 0 Å². The molecule has 1 fully saturated rings. The van der Waals surface area contributed by atoms with Crippen LogP contribution in [0.25, 0.3) is 0 Å². The predicted molar refractivity (Wildman–Crippen MR) is 45.9 cm³/mol. The first kappa shape index (κ1) is 10.2. The first-order chi connectivity index (χ1) is 6.11. The Kier molecular flexibility index (Phi) is 3.45. The van der Waals surface area contributed by atoms with Gasteiger partial charge in [-0.15, -0.1) is 0 Å². The van der Waals surface area contributed by atoms with Crippen molar-refractivity contribution < 1.29 is 19.4 Å². The molecule has 0 radical (unpaired) electrons. The standard InChI is InChI=1S/C9H14O4/c1-6(2)8(10)13-9(11)7-4-3-5-12-7/h7,9,11H,1,3-5H2,2H3. The van der Waals surface area contributed by atoms with Gasteiger partial charge < -0.3 is 14.6 Å². The molecule has 0 aliphatic carbocycles. The van der Waals surface area contributed by atoms with Gasteiger partial charge in [0, 0.05) is 12.2 Å². The van der Waals surface area contributed by atoms with Gasteiger partial charge in [0.05, 0.1) is 0 Å². The van der Waals surface area contributed by atoms with E-state index in [1.165, 1.54) is 6.92 Å². The van der Waals surface area contributed by atoms with E-state index in [1.54, 1.807) is 0 Å². The molecule has 1 saturated heterocycles. The molecule has 0 saturated carbocycles. The number of carbonyl (C=O) groups excluding carboxylic acids is 1. The highest BCUT2D eigenvalue weighted by atomic mass is 16.7. The number of esters is 1. The summed E-state index contributed by atoms with van der Waals surface area (Å²) in [7, 11) is 0. The molecule has 1 rings (SSSR count). The van der Waals surface area contributed by atoms with Crippen molar-refractivity contribution in [2.24, 2.45) is 0 Å². The fourth-order valence-corrected chi connectivity index (χ4v) is 1.11. The minimum atomic E-state index is -1.16. The van der Waals surface area contributed by atoms with Gasteiger partial charge in [-0.05, 0) is 19.8 Å². The monoisotopic (exact) mass is 186 g/mol. The molecule has 0 bridgehead atoms. The van der Waals surface area contributed by atoms with Crippen LogP contribution in [0.4, 0.5) is 0 Å². The Morgan fingerprint density at radius 3 is 2.92 bits per heavy atom. The largest absolute Gasteiger partial charge is 0.430 e. The van der Waals surface area contributed by atoms with E-state index in [-0.39, 0.29) is 11.7 Å². The second-order valence-electron chi connectivity index (χ2n) is 3.13. The van der Waals surface area contributed by atoms with E-state index in [2.05, 4.69) is 11.3 Å². The molecule has 2 unspecified atom stereocenters. The van der Waals surface area contributed by atoms with Crippen LogP contribution in [0.3, 0.4) is 0 Å². The lowest BCUT2D eigenvalue weighted by Crippen LogP contribution is -2.30. The number of ether oxygens (including phenoxy) is 2. The molecule has 4 heteroatoms. The summed E-state index contributed by atoms with van der Waals surface area (Å²) >= 11 is 0. The minimum absolute atomic E-state index is 0.275. The lowest BCUT2D eigenvalue weighted by Gasteiger charge is -2.17. The van der Waals surface area contributed by atoms with Crippen LogP contribution in [0.1, 0.15) is 19.8 Å². The van der Waals surface area contributed by atoms with Crippen LogP contribution < -0.4 is 0 Å². The molecular weight excluding hydrogens is 172 g/mol. The third-order valence-electron chi connectivity index (χ3n) is 1.86. The van der Waals surface area contributed by atoms with Crippen molar-refractivity contribution in [1.82, 2.24) is 0 Å². The van der Waals surface area contributed by atoms with E-state index < -0.39 is 12.3 Å². The zero-order valence-electron chi connectivity index (χ0n) is 7.66. The maximum Gasteiger partial charge on any atom is 0.335 e. The van der Waals surface area contributed by atoms with Gasteiger partial charge in [-0.25, -0.2) is 4.79 Å². The Balaban J connectivity index is 2.35. The first-order valence-corrected chi connectivity index (χ1v) is 4.27. The van der Waals surface area contributed by atoms with Crippen molar-refractivity contribution in [3.05, 3.63) is 12.2 Å². The number of aliphatic hydroxyl groups excluding tert-OH is 1. The summed E-state index contributed by atoms with van der Waals surface area (Å²) in [6.07, 6.45) is 0.0896. The molecule has 74 valence electrons. The van der Waals surface area contributed by atoms with Crippen molar-refractivity contribution in [2.45, 2.75) is 32.2 Å². The second-order valence-corrected chi connectivity index (χ2v) is 3.13. The van der Waals surface area contributed by atoms with Gasteiger partial charge in [-0.1, -0.05) is 6.58 Å². The smallest absolute Gasteiger partial charge is 0.335 e. The molecule has 0 aromatic rings. The van der Waals surface area contributed by atoms with Crippen LogP contribution in [0, 0.1) is 0 Å². The number of carbonyl (C=O) groups is 1. The van der Waals surface area contributed by atoms with Crippen LogP contribution in [-0.4, -0.2) is 30.1 Å². The molecule has 0 aromatic heterocycles.